The zero-order chi connectivity index (χ0) is 10.8. The molecule has 1 heterocycles. The maximum atomic E-state index is 10.9. The average Bonchev–Trinajstić information content (AvgIpc) is 2.48. The Morgan fingerprint density at radius 2 is 2.29 bits per heavy atom. The summed E-state index contributed by atoms with van der Waals surface area (Å²) in [4.78, 5) is 14.5. The van der Waals surface area contributed by atoms with Crippen molar-refractivity contribution in [3.63, 3.8) is 0 Å². The topological polar surface area (TPSA) is 86.5 Å². The monoisotopic (exact) mass is 219 g/mol. The van der Waals surface area contributed by atoms with Gasteiger partial charge in [-0.15, -0.1) is 0 Å². The molecule has 0 spiro atoms. The summed E-state index contributed by atoms with van der Waals surface area (Å²) in [5.74, 6) is -1.01. The van der Waals surface area contributed by atoms with Crippen LogP contribution in [-0.4, -0.2) is 32.7 Å². The summed E-state index contributed by atoms with van der Waals surface area (Å²) in [6, 6.07) is 0. The van der Waals surface area contributed by atoms with Gasteiger partial charge in [-0.3, -0.25) is 0 Å². The second-order valence-electron chi connectivity index (χ2n) is 2.69. The summed E-state index contributed by atoms with van der Waals surface area (Å²) < 4.78 is 30.8. The van der Waals surface area contributed by atoms with Crippen molar-refractivity contribution in [2.24, 2.45) is 0 Å². The van der Waals surface area contributed by atoms with E-state index in [1.807, 2.05) is 0 Å². The molecule has 1 aromatic heterocycles. The number of rotatable bonds is 3. The van der Waals surface area contributed by atoms with Crippen LogP contribution in [0, 0.1) is 0 Å². The van der Waals surface area contributed by atoms with Crippen LogP contribution in [0.15, 0.2) is 10.7 Å². The van der Waals surface area contributed by atoms with Gasteiger partial charge in [0.05, 0.1) is 7.11 Å². The molecule has 1 aromatic rings. The van der Waals surface area contributed by atoms with Crippen LogP contribution in [0.5, 0.6) is 0 Å². The molecule has 7 heteroatoms. The van der Waals surface area contributed by atoms with Crippen LogP contribution in [0.3, 0.4) is 0 Å². The minimum absolute atomic E-state index is 0.0205. The van der Waals surface area contributed by atoms with E-state index in [1.54, 1.807) is 0 Å². The standard InChI is InChI=1S/C7H9NO5S/c1-12-7(9)5-3-13-6(8-5)4-14(2,10)11/h3H,4H2,1-2H3. The lowest BCUT2D eigenvalue weighted by Crippen LogP contribution is -2.04. The zero-order valence-corrected chi connectivity index (χ0v) is 8.50. The number of carbonyl (C=O) groups excluding carboxylic acids is 1. The highest BCUT2D eigenvalue weighted by molar-refractivity contribution is 7.89. The molecule has 0 saturated heterocycles. The molecular weight excluding hydrogens is 210 g/mol. The van der Waals surface area contributed by atoms with E-state index in [9.17, 15) is 13.2 Å². The Labute approximate surface area is 80.8 Å². The fraction of sp³-hybridized carbons (Fsp3) is 0.429. The zero-order valence-electron chi connectivity index (χ0n) is 7.68. The Morgan fingerprint density at radius 1 is 1.64 bits per heavy atom. The van der Waals surface area contributed by atoms with Gasteiger partial charge < -0.3 is 9.15 Å². The van der Waals surface area contributed by atoms with E-state index in [4.69, 9.17) is 4.42 Å². The smallest absolute Gasteiger partial charge is 0.360 e. The van der Waals surface area contributed by atoms with Gasteiger partial charge in [-0.05, 0) is 0 Å². The number of methoxy groups -OCH3 is 1. The third-order valence-corrected chi connectivity index (χ3v) is 2.10. The number of carbonyl (C=O) groups is 1. The SMILES string of the molecule is COC(=O)c1coc(CS(C)(=O)=O)n1. The van der Waals surface area contributed by atoms with E-state index in [0.717, 1.165) is 12.5 Å². The number of sulfone groups is 1. The summed E-state index contributed by atoms with van der Waals surface area (Å²) in [5, 5.41) is 0. The molecule has 0 aliphatic carbocycles. The maximum absolute atomic E-state index is 10.9. The molecule has 1 rings (SSSR count). The largest absolute Gasteiger partial charge is 0.464 e. The normalized spacial score (nSPS) is 11.3. The molecule has 0 aliphatic rings. The highest BCUT2D eigenvalue weighted by Crippen LogP contribution is 2.06. The molecule has 0 amide bonds. The summed E-state index contributed by atoms with van der Waals surface area (Å²) >= 11 is 0. The van der Waals surface area contributed by atoms with Crippen LogP contribution >= 0.6 is 0 Å². The Balaban J connectivity index is 2.84. The molecule has 78 valence electrons. The molecule has 0 N–H and O–H groups in total. The van der Waals surface area contributed by atoms with Gasteiger partial charge in [0.2, 0.25) is 5.89 Å². The molecule has 6 nitrogen and oxygen atoms in total. The Bertz CT molecular complexity index is 433. The summed E-state index contributed by atoms with van der Waals surface area (Å²) in [6.07, 6.45) is 2.11. The van der Waals surface area contributed by atoms with E-state index in [1.165, 1.54) is 7.11 Å². The van der Waals surface area contributed by atoms with E-state index < -0.39 is 15.8 Å². The Hall–Kier alpha value is -1.37. The van der Waals surface area contributed by atoms with Crippen molar-refractivity contribution in [2.45, 2.75) is 5.75 Å². The van der Waals surface area contributed by atoms with Crippen molar-refractivity contribution in [3.8, 4) is 0 Å². The first-order valence-corrected chi connectivity index (χ1v) is 5.69. The summed E-state index contributed by atoms with van der Waals surface area (Å²) in [6.45, 7) is 0. The third-order valence-electron chi connectivity index (χ3n) is 1.33. The summed E-state index contributed by atoms with van der Waals surface area (Å²) in [5.41, 5.74) is -0.0360. The Kier molecular flexibility index (Phi) is 2.90. The van der Waals surface area contributed by atoms with E-state index in [0.29, 0.717) is 0 Å². The van der Waals surface area contributed by atoms with Gasteiger partial charge in [0, 0.05) is 6.26 Å². The van der Waals surface area contributed by atoms with Crippen molar-refractivity contribution in [3.05, 3.63) is 17.8 Å². The van der Waals surface area contributed by atoms with Crippen LogP contribution < -0.4 is 0 Å². The first kappa shape index (κ1) is 10.7. The minimum atomic E-state index is -3.20. The van der Waals surface area contributed by atoms with Gasteiger partial charge in [0.25, 0.3) is 0 Å². The number of aromatic nitrogens is 1. The first-order valence-electron chi connectivity index (χ1n) is 3.63. The van der Waals surface area contributed by atoms with Crippen molar-refractivity contribution >= 4 is 15.8 Å². The van der Waals surface area contributed by atoms with Gasteiger partial charge >= 0.3 is 5.97 Å². The highest BCUT2D eigenvalue weighted by atomic mass is 32.2. The lowest BCUT2D eigenvalue weighted by Gasteiger charge is -1.91. The molecule has 14 heavy (non-hydrogen) atoms. The van der Waals surface area contributed by atoms with Crippen LogP contribution in [0.1, 0.15) is 16.4 Å². The van der Waals surface area contributed by atoms with Gasteiger partial charge in [-0.1, -0.05) is 0 Å². The third kappa shape index (κ3) is 2.84. The first-order chi connectivity index (χ1) is 6.42. The Morgan fingerprint density at radius 3 is 2.79 bits per heavy atom. The van der Waals surface area contributed by atoms with Crippen molar-refractivity contribution in [1.82, 2.24) is 4.98 Å². The fourth-order valence-electron chi connectivity index (χ4n) is 0.800. The van der Waals surface area contributed by atoms with Gasteiger partial charge in [0.15, 0.2) is 15.5 Å². The number of ether oxygens (including phenoxy) is 1. The highest BCUT2D eigenvalue weighted by Gasteiger charge is 2.15. The molecule has 0 atom stereocenters. The van der Waals surface area contributed by atoms with Crippen LogP contribution in [0.25, 0.3) is 0 Å². The van der Waals surface area contributed by atoms with Gasteiger partial charge in [-0.25, -0.2) is 18.2 Å². The summed E-state index contributed by atoms with van der Waals surface area (Å²) in [7, 11) is -2.00. The number of oxazole rings is 1. The van der Waals surface area contributed by atoms with Crippen molar-refractivity contribution < 1.29 is 22.4 Å². The fourth-order valence-corrected chi connectivity index (χ4v) is 1.38. The second kappa shape index (κ2) is 3.79. The van der Waals surface area contributed by atoms with Gasteiger partial charge in [0.1, 0.15) is 12.0 Å². The molecular formula is C7H9NO5S. The number of nitrogens with zero attached hydrogens (tertiary/aromatic N) is 1. The predicted octanol–water partition coefficient (Wildman–Crippen LogP) is 0.00580. The lowest BCUT2D eigenvalue weighted by molar-refractivity contribution is 0.0594. The number of esters is 1. The molecule has 0 aliphatic heterocycles. The van der Waals surface area contributed by atoms with Crippen molar-refractivity contribution in [1.29, 1.82) is 0 Å². The molecule has 0 radical (unpaired) electrons. The molecule has 0 bridgehead atoms. The average molecular weight is 219 g/mol. The molecule has 0 aromatic carbocycles. The van der Waals surface area contributed by atoms with Crippen LogP contribution in [-0.2, 0) is 20.3 Å². The minimum Gasteiger partial charge on any atom is -0.464 e. The lowest BCUT2D eigenvalue weighted by atomic mass is 10.5. The molecule has 0 fully saturated rings. The van der Waals surface area contributed by atoms with Crippen LogP contribution in [0.2, 0.25) is 0 Å². The van der Waals surface area contributed by atoms with E-state index in [2.05, 4.69) is 9.72 Å². The molecule has 0 saturated carbocycles. The second-order valence-corrected chi connectivity index (χ2v) is 4.83. The van der Waals surface area contributed by atoms with Crippen molar-refractivity contribution in [2.75, 3.05) is 13.4 Å². The van der Waals surface area contributed by atoms with E-state index in [-0.39, 0.29) is 17.3 Å². The quantitative estimate of drug-likeness (QED) is 0.665. The number of hydrogen-bond donors (Lipinski definition) is 0. The van der Waals surface area contributed by atoms with Gasteiger partial charge in [-0.2, -0.15) is 0 Å². The number of hydrogen-bond acceptors (Lipinski definition) is 6. The maximum Gasteiger partial charge on any atom is 0.360 e. The van der Waals surface area contributed by atoms with Crippen LogP contribution in [0.4, 0.5) is 0 Å². The predicted molar refractivity (Wildman–Crippen MR) is 46.4 cm³/mol. The molecule has 0 unspecified atom stereocenters. The van der Waals surface area contributed by atoms with E-state index >= 15 is 0 Å².